The Kier molecular flexibility index (Phi) is 7.10. The molecular formula is C16H17Cl2F2N3O. The van der Waals surface area contributed by atoms with E-state index in [9.17, 15) is 8.78 Å². The number of para-hydroxylation sites is 1. The number of imidazole rings is 1. The molecule has 3 rings (SSSR count). The summed E-state index contributed by atoms with van der Waals surface area (Å²) >= 11 is 0. The van der Waals surface area contributed by atoms with Crippen molar-refractivity contribution in [3.8, 4) is 5.69 Å². The second-order valence-corrected chi connectivity index (χ2v) is 4.93. The Balaban J connectivity index is 0.00000144. The van der Waals surface area contributed by atoms with E-state index < -0.39 is 17.7 Å². The molecular weight excluding hydrogens is 359 g/mol. The average Bonchev–Trinajstić information content (AvgIpc) is 2.92. The zero-order chi connectivity index (χ0) is 15.7. The smallest absolute Gasteiger partial charge is 0.185 e. The fourth-order valence-electron chi connectivity index (χ4n) is 2.46. The maximum Gasteiger partial charge on any atom is 0.185 e. The van der Waals surface area contributed by atoms with Crippen molar-refractivity contribution in [2.24, 2.45) is 5.73 Å². The van der Waals surface area contributed by atoms with E-state index in [1.807, 2.05) is 18.2 Å². The van der Waals surface area contributed by atoms with Gasteiger partial charge < -0.3 is 10.5 Å². The number of fused-ring (bicyclic) bond motifs is 1. The molecule has 0 spiro atoms. The summed E-state index contributed by atoms with van der Waals surface area (Å²) in [5, 5.41) is 0. The lowest BCUT2D eigenvalue weighted by Gasteiger charge is -2.14. The predicted molar refractivity (Wildman–Crippen MR) is 94.3 cm³/mol. The van der Waals surface area contributed by atoms with Crippen molar-refractivity contribution in [2.75, 3.05) is 13.7 Å². The highest BCUT2D eigenvalue weighted by Crippen LogP contribution is 2.27. The number of benzene rings is 2. The van der Waals surface area contributed by atoms with E-state index in [2.05, 4.69) is 4.98 Å². The zero-order valence-corrected chi connectivity index (χ0v) is 14.4. The van der Waals surface area contributed by atoms with Crippen LogP contribution in [0.2, 0.25) is 0 Å². The minimum Gasteiger partial charge on any atom is -0.383 e. The average molecular weight is 376 g/mol. The van der Waals surface area contributed by atoms with E-state index in [0.29, 0.717) is 17.0 Å². The number of hydrogen-bond donors (Lipinski definition) is 1. The van der Waals surface area contributed by atoms with Gasteiger partial charge in [0.25, 0.3) is 0 Å². The quantitative estimate of drug-likeness (QED) is 0.754. The molecule has 1 heterocycles. The lowest BCUT2D eigenvalue weighted by Crippen LogP contribution is -2.20. The molecule has 1 atom stereocenters. The maximum atomic E-state index is 14.3. The van der Waals surface area contributed by atoms with Gasteiger partial charge in [-0.1, -0.05) is 18.2 Å². The SMILES string of the molecule is COC[C@H](N)c1nc2ccc(F)c(F)c2n1-c1ccccc1.Cl.Cl. The first-order valence-electron chi connectivity index (χ1n) is 6.79. The fourth-order valence-corrected chi connectivity index (χ4v) is 2.46. The molecule has 2 N–H and O–H groups in total. The molecule has 1 aromatic heterocycles. The topological polar surface area (TPSA) is 53.1 Å². The van der Waals surface area contributed by atoms with Crippen LogP contribution in [0.5, 0.6) is 0 Å². The molecule has 0 aliphatic rings. The van der Waals surface area contributed by atoms with Crippen LogP contribution in [0.4, 0.5) is 8.78 Å². The Labute approximate surface area is 150 Å². The molecule has 0 aliphatic carbocycles. The molecule has 3 aromatic rings. The van der Waals surface area contributed by atoms with Gasteiger partial charge in [0.2, 0.25) is 0 Å². The predicted octanol–water partition coefficient (Wildman–Crippen LogP) is 3.79. The van der Waals surface area contributed by atoms with Crippen LogP contribution in [0.15, 0.2) is 42.5 Å². The lowest BCUT2D eigenvalue weighted by atomic mass is 10.2. The van der Waals surface area contributed by atoms with Crippen molar-refractivity contribution in [3.05, 3.63) is 59.9 Å². The van der Waals surface area contributed by atoms with Crippen molar-refractivity contribution >= 4 is 35.8 Å². The van der Waals surface area contributed by atoms with Crippen molar-refractivity contribution in [2.45, 2.75) is 6.04 Å². The number of ether oxygens (including phenoxy) is 1. The maximum absolute atomic E-state index is 14.3. The largest absolute Gasteiger partial charge is 0.383 e. The van der Waals surface area contributed by atoms with E-state index in [-0.39, 0.29) is 36.9 Å². The second-order valence-electron chi connectivity index (χ2n) is 4.93. The summed E-state index contributed by atoms with van der Waals surface area (Å²) in [4.78, 5) is 4.36. The van der Waals surface area contributed by atoms with Gasteiger partial charge in [0.05, 0.1) is 18.2 Å². The minimum atomic E-state index is -0.940. The van der Waals surface area contributed by atoms with Crippen molar-refractivity contribution in [3.63, 3.8) is 0 Å². The minimum absolute atomic E-state index is 0. The van der Waals surface area contributed by atoms with Crippen LogP contribution in [0, 0.1) is 11.6 Å². The Bertz CT molecular complexity index is 812. The van der Waals surface area contributed by atoms with E-state index in [1.165, 1.54) is 17.7 Å². The highest BCUT2D eigenvalue weighted by Gasteiger charge is 2.22. The first-order valence-corrected chi connectivity index (χ1v) is 6.79. The Morgan fingerprint density at radius 3 is 2.42 bits per heavy atom. The second kappa shape index (κ2) is 8.39. The van der Waals surface area contributed by atoms with Crippen LogP contribution in [0.25, 0.3) is 16.7 Å². The summed E-state index contributed by atoms with van der Waals surface area (Å²) in [5.74, 6) is -1.44. The summed E-state index contributed by atoms with van der Waals surface area (Å²) in [6, 6.07) is 11.0. The van der Waals surface area contributed by atoms with Crippen LogP contribution in [0.3, 0.4) is 0 Å². The van der Waals surface area contributed by atoms with Gasteiger partial charge in [-0.05, 0) is 24.3 Å². The van der Waals surface area contributed by atoms with E-state index in [1.54, 1.807) is 12.1 Å². The number of aromatic nitrogens is 2. The Hall–Kier alpha value is -1.73. The highest BCUT2D eigenvalue weighted by molar-refractivity contribution is 5.85. The molecule has 0 radical (unpaired) electrons. The molecule has 0 saturated carbocycles. The summed E-state index contributed by atoms with van der Waals surface area (Å²) < 4.78 is 34.5. The van der Waals surface area contributed by atoms with Crippen molar-refractivity contribution < 1.29 is 13.5 Å². The Morgan fingerprint density at radius 1 is 1.12 bits per heavy atom. The highest BCUT2D eigenvalue weighted by atomic mass is 35.5. The zero-order valence-electron chi connectivity index (χ0n) is 12.8. The normalized spacial score (nSPS) is 11.7. The van der Waals surface area contributed by atoms with Gasteiger partial charge in [-0.3, -0.25) is 4.57 Å². The molecule has 24 heavy (non-hydrogen) atoms. The Morgan fingerprint density at radius 2 is 1.79 bits per heavy atom. The van der Waals surface area contributed by atoms with Gasteiger partial charge in [0.15, 0.2) is 11.6 Å². The number of nitrogens with zero attached hydrogens (tertiary/aromatic N) is 2. The van der Waals surface area contributed by atoms with Gasteiger partial charge in [0.1, 0.15) is 11.3 Å². The van der Waals surface area contributed by atoms with Crippen LogP contribution in [-0.4, -0.2) is 23.3 Å². The molecule has 2 aromatic carbocycles. The van der Waals surface area contributed by atoms with Gasteiger partial charge in [-0.25, -0.2) is 13.8 Å². The van der Waals surface area contributed by atoms with E-state index in [0.717, 1.165) is 6.07 Å². The molecule has 0 unspecified atom stereocenters. The lowest BCUT2D eigenvalue weighted by molar-refractivity contribution is 0.178. The van der Waals surface area contributed by atoms with Crippen LogP contribution in [-0.2, 0) is 4.74 Å². The molecule has 0 bridgehead atoms. The first-order chi connectivity index (χ1) is 10.6. The molecule has 0 amide bonds. The molecule has 8 heteroatoms. The number of hydrogen-bond acceptors (Lipinski definition) is 3. The molecule has 130 valence electrons. The van der Waals surface area contributed by atoms with Gasteiger partial charge in [-0.2, -0.15) is 0 Å². The molecule has 0 fully saturated rings. The summed E-state index contributed by atoms with van der Waals surface area (Å²) in [5.41, 5.74) is 7.16. The summed E-state index contributed by atoms with van der Waals surface area (Å²) in [6.45, 7) is 0.222. The van der Waals surface area contributed by atoms with Crippen molar-refractivity contribution in [1.29, 1.82) is 0 Å². The summed E-state index contributed by atoms with van der Waals surface area (Å²) in [7, 11) is 1.52. The monoisotopic (exact) mass is 375 g/mol. The third kappa shape index (κ3) is 3.52. The van der Waals surface area contributed by atoms with E-state index >= 15 is 0 Å². The number of nitrogens with two attached hydrogens (primary N) is 1. The third-order valence-corrected chi connectivity index (χ3v) is 3.43. The van der Waals surface area contributed by atoms with E-state index in [4.69, 9.17) is 10.5 Å². The van der Waals surface area contributed by atoms with Crippen LogP contribution >= 0.6 is 24.8 Å². The first kappa shape index (κ1) is 20.3. The molecule has 0 aliphatic heterocycles. The summed E-state index contributed by atoms with van der Waals surface area (Å²) in [6.07, 6.45) is 0. The van der Waals surface area contributed by atoms with Gasteiger partial charge in [-0.15, -0.1) is 24.8 Å². The third-order valence-electron chi connectivity index (χ3n) is 3.43. The molecule has 4 nitrogen and oxygen atoms in total. The standard InChI is InChI=1S/C16H15F2N3O.2ClH/c1-22-9-12(19)16-20-13-8-7-11(17)14(18)15(13)21(16)10-5-3-2-4-6-10;;/h2-8,12H,9,19H2,1H3;2*1H/t12-;;/m0../s1. The number of rotatable bonds is 4. The number of halogens is 4. The van der Waals surface area contributed by atoms with Gasteiger partial charge in [0, 0.05) is 12.8 Å². The van der Waals surface area contributed by atoms with Gasteiger partial charge >= 0.3 is 0 Å². The molecule has 0 saturated heterocycles. The van der Waals surface area contributed by atoms with Crippen LogP contribution < -0.4 is 5.73 Å². The van der Waals surface area contributed by atoms with Crippen LogP contribution in [0.1, 0.15) is 11.9 Å². The fraction of sp³-hybridized carbons (Fsp3) is 0.188. The number of methoxy groups -OCH3 is 1. The van der Waals surface area contributed by atoms with Crippen molar-refractivity contribution in [1.82, 2.24) is 9.55 Å².